The van der Waals surface area contributed by atoms with Gasteiger partial charge in [0.05, 0.1) is 30.9 Å². The van der Waals surface area contributed by atoms with Crippen LogP contribution in [0.4, 0.5) is 0 Å². The van der Waals surface area contributed by atoms with Crippen molar-refractivity contribution < 1.29 is 52.8 Å². The van der Waals surface area contributed by atoms with E-state index in [9.17, 15) is 19.5 Å². The Morgan fingerprint density at radius 3 is 2.49 bits per heavy atom. The molecule has 2 aromatic carbocycles. The lowest BCUT2D eigenvalue weighted by molar-refractivity contribution is -0.204. The van der Waals surface area contributed by atoms with Gasteiger partial charge in [0.25, 0.3) is 0 Å². The molecule has 1 unspecified atom stereocenters. The highest BCUT2D eigenvalue weighted by molar-refractivity contribution is 5.96. The Bertz CT molecular complexity index is 2170. The van der Waals surface area contributed by atoms with Crippen LogP contribution in [0.3, 0.4) is 0 Å². The van der Waals surface area contributed by atoms with Crippen LogP contribution in [0, 0.1) is 22.7 Å². The third-order valence-corrected chi connectivity index (χ3v) is 15.6. The van der Waals surface area contributed by atoms with Crippen molar-refractivity contribution in [2.45, 2.75) is 166 Å². The fourth-order valence-electron chi connectivity index (χ4n) is 12.1. The van der Waals surface area contributed by atoms with Gasteiger partial charge in [0.15, 0.2) is 6.04 Å². The molecule has 4 aliphatic heterocycles. The molecule has 2 amide bonds. The van der Waals surface area contributed by atoms with Crippen molar-refractivity contribution in [1.82, 2.24) is 15.3 Å². The van der Waals surface area contributed by atoms with E-state index in [2.05, 4.69) is 38.2 Å². The maximum absolute atomic E-state index is 15.7. The van der Waals surface area contributed by atoms with Crippen molar-refractivity contribution in [2.75, 3.05) is 20.4 Å². The summed E-state index contributed by atoms with van der Waals surface area (Å²) in [5, 5.41) is 14.9. The number of hydrogen-bond acceptors (Lipinski definition) is 12. The number of likely N-dealkylation sites (N-methyl/N-ethyl adjacent to an activating group) is 1. The predicted octanol–water partition coefficient (Wildman–Crippen LogP) is 5.67. The molecule has 3 aliphatic carbocycles. The first-order valence-corrected chi connectivity index (χ1v) is 23.7. The fraction of sp³-hybridized carbons (Fsp3) is 0.647. The number of benzene rings is 2. The van der Waals surface area contributed by atoms with Crippen molar-refractivity contribution in [1.29, 1.82) is 0 Å². The number of rotatable bonds is 13. The molecule has 2 aromatic rings. The van der Waals surface area contributed by atoms with Gasteiger partial charge in [-0.3, -0.25) is 24.0 Å². The fourth-order valence-corrected chi connectivity index (χ4v) is 12.1. The third kappa shape index (κ3) is 8.79. The maximum atomic E-state index is 15.7. The molecule has 7 fully saturated rings. The highest BCUT2D eigenvalue weighted by Gasteiger charge is 2.75. The molecule has 352 valence electrons. The highest BCUT2D eigenvalue weighted by Crippen LogP contribution is 2.60. The van der Waals surface area contributed by atoms with Gasteiger partial charge in [-0.2, -0.15) is 5.06 Å². The Hall–Kier alpha value is -4.18. The normalized spacial score (nSPS) is 34.8. The number of hydroxylamine groups is 2. The number of fused-ring (bicyclic) bond motifs is 6. The van der Waals surface area contributed by atoms with Crippen LogP contribution >= 0.6 is 0 Å². The third-order valence-electron chi connectivity index (χ3n) is 15.6. The molecule has 0 radical (unpaired) electrons. The molecule has 0 aromatic heterocycles. The van der Waals surface area contributed by atoms with E-state index in [4.69, 9.17) is 28.5 Å². The van der Waals surface area contributed by atoms with Gasteiger partial charge < -0.3 is 39.0 Å². The van der Waals surface area contributed by atoms with Gasteiger partial charge in [-0.05, 0) is 100 Å². The number of nitrogens with zero attached hydrogens (tertiary/aromatic N) is 2. The van der Waals surface area contributed by atoms with Crippen molar-refractivity contribution in [3.63, 3.8) is 0 Å². The number of carbonyl (C=O) groups excluding carboxylic acids is 4. The molecule has 12 atom stereocenters. The molecule has 0 spiro atoms. The van der Waals surface area contributed by atoms with E-state index >= 15 is 4.79 Å². The summed E-state index contributed by atoms with van der Waals surface area (Å²) in [4.78, 5) is 65.5. The van der Waals surface area contributed by atoms with E-state index in [1.807, 2.05) is 48.5 Å². The molecule has 65 heavy (non-hydrogen) atoms. The van der Waals surface area contributed by atoms with Crippen molar-refractivity contribution in [2.24, 2.45) is 22.7 Å². The van der Waals surface area contributed by atoms with Gasteiger partial charge in [0, 0.05) is 26.3 Å². The number of carbonyl (C=O) groups is 4. The zero-order valence-electron chi connectivity index (χ0n) is 39.0. The lowest BCUT2D eigenvalue weighted by Crippen LogP contribution is -2.70. The van der Waals surface area contributed by atoms with E-state index in [-0.39, 0.29) is 56.1 Å². The van der Waals surface area contributed by atoms with E-state index in [0.717, 1.165) is 48.8 Å². The summed E-state index contributed by atoms with van der Waals surface area (Å²) >= 11 is 0. The van der Waals surface area contributed by atoms with Gasteiger partial charge >= 0.3 is 11.9 Å². The monoisotopic (exact) mass is 897 g/mol. The summed E-state index contributed by atoms with van der Waals surface area (Å²) in [6, 6.07) is 14.5. The number of esters is 2. The quantitative estimate of drug-likeness (QED) is 0.187. The Balaban J connectivity index is 1.01. The molecule has 4 heterocycles. The second-order valence-electron chi connectivity index (χ2n) is 21.6. The largest absolute Gasteiger partial charge is 0.460 e. The van der Waals surface area contributed by atoms with E-state index < -0.39 is 83.9 Å². The molecule has 9 rings (SSSR count). The maximum Gasteiger partial charge on any atom is 0.327 e. The number of hydrogen-bond donors (Lipinski definition) is 2. The molecule has 7 aliphatic rings. The number of aliphatic hydroxyl groups excluding tert-OH is 1. The molecule has 3 saturated carbocycles. The zero-order valence-corrected chi connectivity index (χ0v) is 39.0. The minimum absolute atomic E-state index is 0.0218. The summed E-state index contributed by atoms with van der Waals surface area (Å²) in [5.74, 6) is -0.951. The van der Waals surface area contributed by atoms with E-state index in [1.54, 1.807) is 32.9 Å². The second kappa shape index (κ2) is 17.5. The molecule has 4 saturated heterocycles. The van der Waals surface area contributed by atoms with Gasteiger partial charge in [-0.15, -0.1) is 0 Å². The van der Waals surface area contributed by atoms with Crippen LogP contribution in [-0.2, 0) is 60.7 Å². The van der Waals surface area contributed by atoms with Crippen LogP contribution in [0.2, 0.25) is 0 Å². The second-order valence-corrected chi connectivity index (χ2v) is 21.6. The lowest BCUT2D eigenvalue weighted by atomic mass is 9.52. The van der Waals surface area contributed by atoms with Crippen molar-refractivity contribution in [3.8, 4) is 0 Å². The summed E-state index contributed by atoms with van der Waals surface area (Å²) in [5.41, 5.74) is 2.26. The lowest BCUT2D eigenvalue weighted by Gasteiger charge is -2.53. The van der Waals surface area contributed by atoms with Crippen LogP contribution in [0.15, 0.2) is 60.2 Å². The SMILES string of the molecule is CN(C(=O)[C@@]12C[C@H]3OC(=O)[C@@H]1N(Cc1ccccc1C=C1CCC4O[C@]4(C)CC[C@@H]4[C@@H]1CC4(C)C)O[C@@H]2[C@H]1OCO[C@H]13)[C@H](Cc1ccccc1)C(=O)N[C@H](CO)CCC(=O)OC(C)(C)C. The first-order valence-electron chi connectivity index (χ1n) is 23.7. The molecule has 14 nitrogen and oxygen atoms in total. The zero-order chi connectivity index (χ0) is 46.1. The average molecular weight is 898 g/mol. The van der Waals surface area contributed by atoms with Crippen molar-refractivity contribution >= 4 is 29.8 Å². The number of ether oxygens (including phenoxy) is 5. The van der Waals surface area contributed by atoms with Gasteiger partial charge in [0.1, 0.15) is 48.3 Å². The Kier molecular flexibility index (Phi) is 12.4. The number of nitrogens with one attached hydrogen (secondary N) is 1. The van der Waals surface area contributed by atoms with Crippen LogP contribution in [0.25, 0.3) is 6.08 Å². The topological polar surface area (TPSA) is 166 Å². The standard InChI is InChI=1S/C51H67N3O11/c1-48(2,3)64-40(56)20-18-34(28-55)52-45(57)37(23-30-13-9-8-10-14-30)53(7)47(59)51-26-38-41-42(61-29-60-41)44(51)65-54(43(51)46(58)62-38)27-33-16-12-11-15-31(33)24-32-17-19-39-50(6,63-39)22-21-36-35(32)25-49(36,4)5/h8-16,24,34-39,41-44,55H,17-23,25-29H2,1-7H3,(H,52,57)/t34-,35+,36+,37+,38+,39?,41-,42-,43-,44+,50+,51-/m0/s1. The van der Waals surface area contributed by atoms with E-state index in [1.165, 1.54) is 10.5 Å². The first kappa shape index (κ1) is 46.0. The molecular weight excluding hydrogens is 831 g/mol. The number of aliphatic hydroxyl groups is 1. The minimum Gasteiger partial charge on any atom is -0.460 e. The van der Waals surface area contributed by atoms with Crippen LogP contribution in [0.1, 0.15) is 110 Å². The molecule has 2 bridgehead atoms. The Labute approximate surface area is 382 Å². The summed E-state index contributed by atoms with van der Waals surface area (Å²) in [7, 11) is 1.58. The smallest absolute Gasteiger partial charge is 0.327 e. The summed E-state index contributed by atoms with van der Waals surface area (Å²) in [6.07, 6.45) is 5.24. The van der Waals surface area contributed by atoms with Crippen molar-refractivity contribution in [3.05, 3.63) is 76.9 Å². The van der Waals surface area contributed by atoms with Crippen LogP contribution in [0.5, 0.6) is 0 Å². The van der Waals surface area contributed by atoms with E-state index in [0.29, 0.717) is 11.8 Å². The van der Waals surface area contributed by atoms with Crippen LogP contribution in [-0.4, -0.2) is 119 Å². The average Bonchev–Trinajstić information content (AvgIpc) is 3.53. The van der Waals surface area contributed by atoms with Gasteiger partial charge in [0.2, 0.25) is 11.8 Å². The van der Waals surface area contributed by atoms with Gasteiger partial charge in [-0.25, -0.2) is 0 Å². The number of allylic oxidation sites excluding steroid dienone is 1. The summed E-state index contributed by atoms with van der Waals surface area (Å²) < 4.78 is 30.0. The first-order chi connectivity index (χ1) is 30.9. The molecular formula is C51H67N3O11. The Morgan fingerprint density at radius 2 is 1.75 bits per heavy atom. The Morgan fingerprint density at radius 1 is 1.02 bits per heavy atom. The number of amides is 2. The number of epoxide rings is 1. The molecule has 2 N–H and O–H groups in total. The minimum atomic E-state index is -1.50. The summed E-state index contributed by atoms with van der Waals surface area (Å²) in [6.45, 7) is 12.1. The van der Waals surface area contributed by atoms with Crippen LogP contribution < -0.4 is 5.32 Å². The molecule has 14 heteroatoms. The predicted molar refractivity (Wildman–Crippen MR) is 238 cm³/mol. The van der Waals surface area contributed by atoms with Gasteiger partial charge in [-0.1, -0.05) is 80.1 Å². The highest BCUT2D eigenvalue weighted by atomic mass is 16.8.